The van der Waals surface area contributed by atoms with Crippen LogP contribution < -0.4 is 10.2 Å². The van der Waals surface area contributed by atoms with Crippen LogP contribution in [-0.4, -0.2) is 48.6 Å². The fraction of sp³-hybridized carbons (Fsp3) is 0.706. The third-order valence-corrected chi connectivity index (χ3v) is 4.44. The summed E-state index contributed by atoms with van der Waals surface area (Å²) in [6.07, 6.45) is 4.41. The number of aromatic nitrogens is 1. The summed E-state index contributed by atoms with van der Waals surface area (Å²) in [7, 11) is 2.19. The lowest BCUT2D eigenvalue weighted by atomic mass is 10.0. The molecule has 1 aliphatic rings. The molecule has 4 heteroatoms. The van der Waals surface area contributed by atoms with Crippen LogP contribution in [0, 0.1) is 0 Å². The number of hydrogen-bond acceptors (Lipinski definition) is 4. The third kappa shape index (κ3) is 4.68. The molecular formula is C17H30N4. The molecule has 0 atom stereocenters. The van der Waals surface area contributed by atoms with Crippen molar-refractivity contribution in [2.75, 3.05) is 31.6 Å². The van der Waals surface area contributed by atoms with Crippen molar-refractivity contribution < 1.29 is 0 Å². The van der Waals surface area contributed by atoms with E-state index in [0.29, 0.717) is 12.1 Å². The molecule has 1 N–H and O–H groups in total. The van der Waals surface area contributed by atoms with Crippen LogP contribution >= 0.6 is 0 Å². The van der Waals surface area contributed by atoms with Crippen LogP contribution in [0.1, 0.15) is 39.2 Å². The van der Waals surface area contributed by atoms with Gasteiger partial charge in [0.2, 0.25) is 0 Å². The number of nitrogens with zero attached hydrogens (tertiary/aromatic N) is 3. The molecule has 0 radical (unpaired) electrons. The summed E-state index contributed by atoms with van der Waals surface area (Å²) in [5.41, 5.74) is 1.31. The second-order valence-corrected chi connectivity index (χ2v) is 6.33. The lowest BCUT2D eigenvalue weighted by molar-refractivity contribution is 0.220. The highest BCUT2D eigenvalue weighted by atomic mass is 15.2. The molecule has 0 spiro atoms. The smallest absolute Gasteiger partial charge is 0.128 e. The summed E-state index contributed by atoms with van der Waals surface area (Å²) in [6.45, 7) is 11.1. The monoisotopic (exact) mass is 290 g/mol. The van der Waals surface area contributed by atoms with Gasteiger partial charge < -0.3 is 15.1 Å². The molecular weight excluding hydrogens is 260 g/mol. The summed E-state index contributed by atoms with van der Waals surface area (Å²) in [5.74, 6) is 1.10. The van der Waals surface area contributed by atoms with E-state index in [-0.39, 0.29) is 0 Å². The molecule has 1 aromatic heterocycles. The maximum absolute atomic E-state index is 4.57. The molecule has 118 valence electrons. The van der Waals surface area contributed by atoms with E-state index in [1.54, 1.807) is 0 Å². The number of rotatable bonds is 6. The Balaban J connectivity index is 1.95. The van der Waals surface area contributed by atoms with Crippen molar-refractivity contribution in [1.82, 2.24) is 15.2 Å². The van der Waals surface area contributed by atoms with Crippen molar-refractivity contribution in [2.45, 2.75) is 52.2 Å². The van der Waals surface area contributed by atoms with Crippen LogP contribution in [0.3, 0.4) is 0 Å². The Labute approximate surface area is 129 Å². The number of pyridine rings is 1. The summed E-state index contributed by atoms with van der Waals surface area (Å²) in [4.78, 5) is 9.46. The Morgan fingerprint density at radius 2 is 2.10 bits per heavy atom. The van der Waals surface area contributed by atoms with E-state index in [1.165, 1.54) is 38.0 Å². The largest absolute Gasteiger partial charge is 0.357 e. The molecule has 0 unspecified atom stereocenters. The van der Waals surface area contributed by atoms with Gasteiger partial charge in [-0.1, -0.05) is 20.8 Å². The maximum atomic E-state index is 4.57. The molecule has 2 heterocycles. The van der Waals surface area contributed by atoms with Crippen molar-refractivity contribution in [3.05, 3.63) is 23.9 Å². The first kappa shape index (κ1) is 16.2. The van der Waals surface area contributed by atoms with Gasteiger partial charge in [-0.05, 0) is 37.1 Å². The number of likely N-dealkylation sites (tertiary alicyclic amines) is 1. The van der Waals surface area contributed by atoms with Crippen molar-refractivity contribution in [2.24, 2.45) is 0 Å². The Morgan fingerprint density at radius 3 is 2.71 bits per heavy atom. The van der Waals surface area contributed by atoms with Gasteiger partial charge in [-0.25, -0.2) is 4.98 Å². The van der Waals surface area contributed by atoms with Crippen LogP contribution in [0.25, 0.3) is 0 Å². The van der Waals surface area contributed by atoms with Crippen LogP contribution in [-0.2, 0) is 6.54 Å². The number of hydrogen-bond donors (Lipinski definition) is 1. The van der Waals surface area contributed by atoms with Crippen molar-refractivity contribution in [1.29, 1.82) is 0 Å². The molecule has 0 saturated carbocycles. The lowest BCUT2D eigenvalue weighted by Gasteiger charge is -2.37. The minimum absolute atomic E-state index is 0.512. The molecule has 0 amide bonds. The standard InChI is InChI=1S/C17H30N4/c1-5-21-10-7-16(8-11-21)20(4)17-12-15(6-9-18-17)13-19-14(2)3/h6,9,12,14,16,19H,5,7-8,10-11,13H2,1-4H3. The van der Waals surface area contributed by atoms with Crippen LogP contribution in [0.5, 0.6) is 0 Å². The van der Waals surface area contributed by atoms with E-state index < -0.39 is 0 Å². The summed E-state index contributed by atoms with van der Waals surface area (Å²) in [6, 6.07) is 5.46. The quantitative estimate of drug-likeness (QED) is 0.872. The van der Waals surface area contributed by atoms with Crippen LogP contribution in [0.2, 0.25) is 0 Å². The van der Waals surface area contributed by atoms with Gasteiger partial charge in [-0.2, -0.15) is 0 Å². The molecule has 2 rings (SSSR count). The Morgan fingerprint density at radius 1 is 1.38 bits per heavy atom. The Bertz CT molecular complexity index is 425. The van der Waals surface area contributed by atoms with E-state index in [4.69, 9.17) is 0 Å². The molecule has 1 aliphatic heterocycles. The minimum Gasteiger partial charge on any atom is -0.357 e. The predicted octanol–water partition coefficient (Wildman–Crippen LogP) is 2.50. The first-order valence-corrected chi connectivity index (χ1v) is 8.23. The Hall–Kier alpha value is -1.13. The van der Waals surface area contributed by atoms with Crippen molar-refractivity contribution in [3.63, 3.8) is 0 Å². The average molecular weight is 290 g/mol. The molecule has 4 nitrogen and oxygen atoms in total. The van der Waals surface area contributed by atoms with Crippen LogP contribution in [0.15, 0.2) is 18.3 Å². The van der Waals surface area contributed by atoms with Crippen molar-refractivity contribution >= 4 is 5.82 Å². The van der Waals surface area contributed by atoms with E-state index in [0.717, 1.165) is 12.4 Å². The molecule has 1 saturated heterocycles. The normalized spacial score (nSPS) is 17.4. The fourth-order valence-electron chi connectivity index (χ4n) is 2.90. The van der Waals surface area contributed by atoms with E-state index >= 15 is 0 Å². The third-order valence-electron chi connectivity index (χ3n) is 4.44. The second kappa shape index (κ2) is 7.76. The first-order chi connectivity index (χ1) is 10.1. The van der Waals surface area contributed by atoms with Crippen molar-refractivity contribution in [3.8, 4) is 0 Å². The maximum Gasteiger partial charge on any atom is 0.128 e. The second-order valence-electron chi connectivity index (χ2n) is 6.33. The summed E-state index contributed by atoms with van der Waals surface area (Å²) in [5, 5.41) is 3.47. The van der Waals surface area contributed by atoms with E-state index in [1.807, 2.05) is 6.20 Å². The zero-order valence-electron chi connectivity index (χ0n) is 14.0. The highest BCUT2D eigenvalue weighted by Crippen LogP contribution is 2.21. The summed E-state index contributed by atoms with van der Waals surface area (Å²) < 4.78 is 0. The van der Waals surface area contributed by atoms with Gasteiger partial charge in [0, 0.05) is 45.0 Å². The molecule has 0 bridgehead atoms. The van der Waals surface area contributed by atoms with Gasteiger partial charge in [-0.3, -0.25) is 0 Å². The fourth-order valence-corrected chi connectivity index (χ4v) is 2.90. The predicted molar refractivity (Wildman–Crippen MR) is 89.8 cm³/mol. The number of nitrogens with one attached hydrogen (secondary N) is 1. The molecule has 0 aliphatic carbocycles. The SMILES string of the molecule is CCN1CCC(N(C)c2cc(CNC(C)C)ccn2)CC1. The Kier molecular flexibility index (Phi) is 6.00. The average Bonchev–Trinajstić information content (AvgIpc) is 2.52. The first-order valence-electron chi connectivity index (χ1n) is 8.23. The minimum atomic E-state index is 0.512. The van der Waals surface area contributed by atoms with Gasteiger partial charge in [-0.15, -0.1) is 0 Å². The molecule has 1 aromatic rings. The highest BCUT2D eigenvalue weighted by Gasteiger charge is 2.22. The molecule has 0 aromatic carbocycles. The summed E-state index contributed by atoms with van der Waals surface area (Å²) >= 11 is 0. The topological polar surface area (TPSA) is 31.4 Å². The highest BCUT2D eigenvalue weighted by molar-refractivity contribution is 5.41. The number of anilines is 1. The molecule has 21 heavy (non-hydrogen) atoms. The lowest BCUT2D eigenvalue weighted by Crippen LogP contribution is -2.43. The van der Waals surface area contributed by atoms with Gasteiger partial charge >= 0.3 is 0 Å². The van der Waals surface area contributed by atoms with Gasteiger partial charge in [0.05, 0.1) is 0 Å². The van der Waals surface area contributed by atoms with E-state index in [9.17, 15) is 0 Å². The molecule has 1 fully saturated rings. The van der Waals surface area contributed by atoms with Gasteiger partial charge in [0.1, 0.15) is 5.82 Å². The van der Waals surface area contributed by atoms with Gasteiger partial charge in [0.15, 0.2) is 0 Å². The zero-order valence-corrected chi connectivity index (χ0v) is 14.0. The number of piperidine rings is 1. The zero-order chi connectivity index (χ0) is 15.2. The van der Waals surface area contributed by atoms with Gasteiger partial charge in [0.25, 0.3) is 0 Å². The van der Waals surface area contributed by atoms with E-state index in [2.05, 4.69) is 60.1 Å². The van der Waals surface area contributed by atoms with Crippen LogP contribution in [0.4, 0.5) is 5.82 Å².